The van der Waals surface area contributed by atoms with Crippen LogP contribution in [0, 0.1) is 0 Å². The zero-order valence-electron chi connectivity index (χ0n) is 9.11. The number of benzene rings is 1. The van der Waals surface area contributed by atoms with Crippen molar-refractivity contribution in [2.24, 2.45) is 5.73 Å². The summed E-state index contributed by atoms with van der Waals surface area (Å²) in [6.07, 6.45) is 0. The Bertz CT molecular complexity index is 509. The summed E-state index contributed by atoms with van der Waals surface area (Å²) in [6, 6.07) is 5.68. The van der Waals surface area contributed by atoms with E-state index in [0.717, 1.165) is 0 Å². The molecule has 6 nitrogen and oxygen atoms in total. The molecular weight excluding hydrogens is 222 g/mol. The summed E-state index contributed by atoms with van der Waals surface area (Å²) in [5.74, 6) is -0.962. The van der Waals surface area contributed by atoms with Gasteiger partial charge in [-0.25, -0.2) is 4.79 Å². The lowest BCUT2D eigenvalue weighted by atomic mass is 9.91. The third kappa shape index (κ3) is 1.73. The van der Waals surface area contributed by atoms with Crippen molar-refractivity contribution in [3.63, 3.8) is 0 Å². The van der Waals surface area contributed by atoms with Gasteiger partial charge in [0.15, 0.2) is 0 Å². The topological polar surface area (TPSA) is 101 Å². The van der Waals surface area contributed by atoms with Gasteiger partial charge in [-0.05, 0) is 24.6 Å². The van der Waals surface area contributed by atoms with Crippen molar-refractivity contribution < 1.29 is 14.4 Å². The number of urea groups is 1. The second kappa shape index (κ2) is 3.58. The van der Waals surface area contributed by atoms with Crippen molar-refractivity contribution >= 4 is 17.8 Å². The Hall–Kier alpha value is -2.37. The Morgan fingerprint density at radius 2 is 1.82 bits per heavy atom. The summed E-state index contributed by atoms with van der Waals surface area (Å²) in [7, 11) is 0. The van der Waals surface area contributed by atoms with Crippen molar-refractivity contribution in [3.05, 3.63) is 35.4 Å². The molecule has 1 aliphatic rings. The summed E-state index contributed by atoms with van der Waals surface area (Å²) in [5, 5.41) is 4.69. The second-order valence-electron chi connectivity index (χ2n) is 3.97. The number of nitrogens with one attached hydrogen (secondary N) is 2. The molecule has 1 fully saturated rings. The van der Waals surface area contributed by atoms with Crippen molar-refractivity contribution in [1.82, 2.24) is 10.6 Å². The molecule has 4 amide bonds. The average molecular weight is 233 g/mol. The van der Waals surface area contributed by atoms with Crippen LogP contribution in [0.4, 0.5) is 4.79 Å². The molecule has 1 aromatic rings. The zero-order valence-corrected chi connectivity index (χ0v) is 9.11. The lowest BCUT2D eigenvalue weighted by Crippen LogP contribution is -2.40. The van der Waals surface area contributed by atoms with Gasteiger partial charge in [-0.15, -0.1) is 0 Å². The molecule has 1 heterocycles. The Labute approximate surface area is 97.2 Å². The summed E-state index contributed by atoms with van der Waals surface area (Å²) in [5.41, 5.74) is 4.95. The third-order valence-corrected chi connectivity index (χ3v) is 2.79. The minimum atomic E-state index is -1.10. The van der Waals surface area contributed by atoms with E-state index >= 15 is 0 Å². The molecule has 17 heavy (non-hydrogen) atoms. The molecule has 1 saturated heterocycles. The van der Waals surface area contributed by atoms with Gasteiger partial charge in [-0.2, -0.15) is 0 Å². The number of nitrogens with two attached hydrogens (primary N) is 1. The first-order chi connectivity index (χ1) is 7.93. The molecule has 0 aromatic heterocycles. The molecule has 0 spiro atoms. The minimum Gasteiger partial charge on any atom is -0.366 e. The number of primary amides is 1. The van der Waals surface area contributed by atoms with Gasteiger partial charge in [0.25, 0.3) is 5.91 Å². The van der Waals surface area contributed by atoms with E-state index in [-0.39, 0.29) is 0 Å². The Balaban J connectivity index is 2.37. The van der Waals surface area contributed by atoms with Crippen LogP contribution in [0.25, 0.3) is 0 Å². The molecule has 0 unspecified atom stereocenters. The number of carbonyl (C=O) groups excluding carboxylic acids is 3. The Kier molecular flexibility index (Phi) is 2.35. The van der Waals surface area contributed by atoms with E-state index in [9.17, 15) is 14.4 Å². The van der Waals surface area contributed by atoms with Crippen LogP contribution >= 0.6 is 0 Å². The molecule has 0 aliphatic carbocycles. The lowest BCUT2D eigenvalue weighted by molar-refractivity contribution is -0.123. The highest BCUT2D eigenvalue weighted by Crippen LogP contribution is 2.24. The smallest absolute Gasteiger partial charge is 0.322 e. The summed E-state index contributed by atoms with van der Waals surface area (Å²) in [6.45, 7) is 1.59. The molecular formula is C11H11N3O3. The van der Waals surface area contributed by atoms with Gasteiger partial charge in [-0.3, -0.25) is 14.9 Å². The molecule has 1 atom stereocenters. The molecule has 1 aliphatic heterocycles. The predicted octanol–water partition coefficient (Wildman–Crippen LogP) is -0.160. The van der Waals surface area contributed by atoms with Crippen molar-refractivity contribution in [1.29, 1.82) is 0 Å². The standard InChI is InChI=1S/C11H11N3O3/c1-11(9(16)13-10(17)14-11)7-4-2-6(3-5-7)8(12)15/h2-5H,1H3,(H2,12,15)(H2,13,14,16,17)/t11-/m1/s1. The van der Waals surface area contributed by atoms with E-state index in [0.29, 0.717) is 11.1 Å². The van der Waals surface area contributed by atoms with Gasteiger partial charge in [-0.1, -0.05) is 12.1 Å². The summed E-state index contributed by atoms with van der Waals surface area (Å²) >= 11 is 0. The van der Waals surface area contributed by atoms with Crippen molar-refractivity contribution in [3.8, 4) is 0 Å². The molecule has 0 saturated carbocycles. The quantitative estimate of drug-likeness (QED) is 0.618. The normalized spacial score (nSPS) is 23.1. The highest BCUT2D eigenvalue weighted by molar-refractivity contribution is 6.07. The van der Waals surface area contributed by atoms with Crippen LogP contribution in [0.5, 0.6) is 0 Å². The van der Waals surface area contributed by atoms with E-state index in [1.54, 1.807) is 19.1 Å². The number of hydrogen-bond acceptors (Lipinski definition) is 3. The van der Waals surface area contributed by atoms with Crippen molar-refractivity contribution in [2.45, 2.75) is 12.5 Å². The van der Waals surface area contributed by atoms with Crippen LogP contribution in [-0.4, -0.2) is 17.8 Å². The monoisotopic (exact) mass is 233 g/mol. The highest BCUT2D eigenvalue weighted by Gasteiger charge is 2.43. The molecule has 2 rings (SSSR count). The average Bonchev–Trinajstić information content (AvgIpc) is 2.54. The Morgan fingerprint density at radius 1 is 1.24 bits per heavy atom. The van der Waals surface area contributed by atoms with Gasteiger partial charge in [0.05, 0.1) is 0 Å². The fraction of sp³-hybridized carbons (Fsp3) is 0.182. The molecule has 6 heteroatoms. The number of amides is 4. The molecule has 88 valence electrons. The van der Waals surface area contributed by atoms with Crippen LogP contribution < -0.4 is 16.4 Å². The maximum atomic E-state index is 11.6. The van der Waals surface area contributed by atoms with E-state index in [1.165, 1.54) is 12.1 Å². The van der Waals surface area contributed by atoms with Gasteiger partial charge in [0.1, 0.15) is 5.54 Å². The SMILES string of the molecule is C[C@]1(c2ccc(C(N)=O)cc2)NC(=O)NC1=O. The lowest BCUT2D eigenvalue weighted by Gasteiger charge is -2.20. The largest absolute Gasteiger partial charge is 0.366 e. The number of carbonyl (C=O) groups is 3. The maximum absolute atomic E-state index is 11.6. The van der Waals surface area contributed by atoms with E-state index in [4.69, 9.17) is 5.73 Å². The first kappa shape index (κ1) is 11.1. The van der Waals surface area contributed by atoms with E-state index < -0.39 is 23.4 Å². The highest BCUT2D eigenvalue weighted by atomic mass is 16.2. The fourth-order valence-electron chi connectivity index (χ4n) is 1.71. The van der Waals surface area contributed by atoms with E-state index in [2.05, 4.69) is 10.6 Å². The first-order valence-corrected chi connectivity index (χ1v) is 4.97. The summed E-state index contributed by atoms with van der Waals surface area (Å²) in [4.78, 5) is 33.6. The van der Waals surface area contributed by atoms with Crippen LogP contribution in [0.3, 0.4) is 0 Å². The van der Waals surface area contributed by atoms with Crippen LogP contribution in [0.2, 0.25) is 0 Å². The van der Waals surface area contributed by atoms with Crippen LogP contribution in [0.1, 0.15) is 22.8 Å². The fourth-order valence-corrected chi connectivity index (χ4v) is 1.71. The van der Waals surface area contributed by atoms with Crippen LogP contribution in [-0.2, 0) is 10.3 Å². The summed E-state index contributed by atoms with van der Waals surface area (Å²) < 4.78 is 0. The maximum Gasteiger partial charge on any atom is 0.322 e. The first-order valence-electron chi connectivity index (χ1n) is 4.97. The molecule has 0 radical (unpaired) electrons. The minimum absolute atomic E-state index is 0.349. The zero-order chi connectivity index (χ0) is 12.6. The number of imide groups is 1. The van der Waals surface area contributed by atoms with Crippen LogP contribution in [0.15, 0.2) is 24.3 Å². The van der Waals surface area contributed by atoms with E-state index in [1.807, 2.05) is 0 Å². The van der Waals surface area contributed by atoms with Gasteiger partial charge < -0.3 is 11.1 Å². The molecule has 1 aromatic carbocycles. The van der Waals surface area contributed by atoms with Crippen molar-refractivity contribution in [2.75, 3.05) is 0 Å². The molecule has 0 bridgehead atoms. The second-order valence-corrected chi connectivity index (χ2v) is 3.97. The van der Waals surface area contributed by atoms with Gasteiger partial charge in [0.2, 0.25) is 5.91 Å². The third-order valence-electron chi connectivity index (χ3n) is 2.79. The Morgan fingerprint density at radius 3 is 2.24 bits per heavy atom. The number of hydrogen-bond donors (Lipinski definition) is 3. The van der Waals surface area contributed by atoms with Gasteiger partial charge in [0, 0.05) is 5.56 Å². The molecule has 4 N–H and O–H groups in total. The van der Waals surface area contributed by atoms with Gasteiger partial charge >= 0.3 is 6.03 Å². The number of rotatable bonds is 2. The predicted molar refractivity (Wildman–Crippen MR) is 59.0 cm³/mol.